The minimum atomic E-state index is 0. The first-order valence-electron chi connectivity index (χ1n) is 6.23. The Kier molecular flexibility index (Phi) is 7.86. The maximum Gasteiger partial charge on any atom is 0.220 e. The summed E-state index contributed by atoms with van der Waals surface area (Å²) in [6.07, 6.45) is 2.99. The Morgan fingerprint density at radius 1 is 1.12 bits per heavy atom. The van der Waals surface area contributed by atoms with Crippen molar-refractivity contribution in [3.05, 3.63) is 0 Å². The normalized spacial score (nSPS) is 10.9. The van der Waals surface area contributed by atoms with Crippen molar-refractivity contribution in [2.75, 3.05) is 6.54 Å². The lowest BCUT2D eigenvalue weighted by Crippen LogP contribution is -2.25. The number of hydrogen-bond donors (Lipinski definition) is 1. The summed E-state index contributed by atoms with van der Waals surface area (Å²) in [5, 5.41) is 2.87. The molecule has 96 valence electrons. The number of hydrogen-bond acceptors (Lipinski definition) is 2. The van der Waals surface area contributed by atoms with Crippen molar-refractivity contribution in [2.45, 2.75) is 53.4 Å². The van der Waals surface area contributed by atoms with Crippen LogP contribution in [-0.4, -0.2) is 18.2 Å². The van der Waals surface area contributed by atoms with Gasteiger partial charge in [-0.15, -0.1) is 0 Å². The van der Waals surface area contributed by atoms with Crippen molar-refractivity contribution < 1.29 is 11.0 Å². The standard InChI is InChI=1S/C13H25NO2.H2/c1-10(2)9-13(16)14-8-6-5-7-12(15)11(3)4;/h10-11H,5-9H2,1-4H3,(H,14,16);1H. The van der Waals surface area contributed by atoms with Crippen LogP contribution >= 0.6 is 0 Å². The average Bonchev–Trinajstić information content (AvgIpc) is 2.15. The van der Waals surface area contributed by atoms with Crippen LogP contribution in [0.2, 0.25) is 0 Å². The van der Waals surface area contributed by atoms with Gasteiger partial charge in [-0.05, 0) is 18.8 Å². The van der Waals surface area contributed by atoms with E-state index in [4.69, 9.17) is 0 Å². The van der Waals surface area contributed by atoms with Crippen molar-refractivity contribution in [1.29, 1.82) is 0 Å². The highest BCUT2D eigenvalue weighted by atomic mass is 16.1. The highest BCUT2D eigenvalue weighted by Crippen LogP contribution is 2.04. The summed E-state index contributed by atoms with van der Waals surface area (Å²) in [6.45, 7) is 8.60. The van der Waals surface area contributed by atoms with Crippen LogP contribution < -0.4 is 5.32 Å². The van der Waals surface area contributed by atoms with E-state index >= 15 is 0 Å². The summed E-state index contributed by atoms with van der Waals surface area (Å²) in [7, 11) is 0. The van der Waals surface area contributed by atoms with E-state index in [1.807, 2.05) is 27.7 Å². The van der Waals surface area contributed by atoms with Crippen LogP contribution in [-0.2, 0) is 9.59 Å². The van der Waals surface area contributed by atoms with Gasteiger partial charge in [0, 0.05) is 26.7 Å². The third-order valence-electron chi connectivity index (χ3n) is 2.41. The molecule has 0 saturated heterocycles. The molecule has 0 fully saturated rings. The van der Waals surface area contributed by atoms with Gasteiger partial charge in [-0.3, -0.25) is 9.59 Å². The summed E-state index contributed by atoms with van der Waals surface area (Å²) in [5.74, 6) is 0.969. The fourth-order valence-electron chi connectivity index (χ4n) is 1.38. The Balaban J connectivity index is 0. The van der Waals surface area contributed by atoms with Crippen LogP contribution in [0.3, 0.4) is 0 Å². The topological polar surface area (TPSA) is 46.2 Å². The van der Waals surface area contributed by atoms with E-state index in [0.29, 0.717) is 31.1 Å². The molecule has 0 unspecified atom stereocenters. The minimum Gasteiger partial charge on any atom is -0.356 e. The first kappa shape index (κ1) is 15.1. The predicted molar refractivity (Wildman–Crippen MR) is 68.3 cm³/mol. The Hall–Kier alpha value is -0.860. The highest BCUT2D eigenvalue weighted by molar-refractivity contribution is 5.80. The Morgan fingerprint density at radius 3 is 2.25 bits per heavy atom. The summed E-state index contributed by atoms with van der Waals surface area (Å²) in [4.78, 5) is 22.6. The molecular weight excluding hydrogens is 202 g/mol. The molecule has 3 heteroatoms. The number of Topliss-reactive ketones (excluding diaryl/α,β-unsaturated/α-hetero) is 1. The largest absolute Gasteiger partial charge is 0.356 e. The molecular formula is C13H27NO2. The molecule has 0 saturated carbocycles. The molecule has 0 aliphatic rings. The van der Waals surface area contributed by atoms with E-state index in [1.165, 1.54) is 0 Å². The first-order chi connectivity index (χ1) is 7.43. The van der Waals surface area contributed by atoms with Gasteiger partial charge in [0.15, 0.2) is 0 Å². The number of carbonyl (C=O) groups is 2. The molecule has 0 atom stereocenters. The van der Waals surface area contributed by atoms with Crippen LogP contribution in [0.5, 0.6) is 0 Å². The number of amides is 1. The van der Waals surface area contributed by atoms with E-state index in [9.17, 15) is 9.59 Å². The second-order valence-corrected chi connectivity index (χ2v) is 5.03. The number of nitrogens with one attached hydrogen (secondary N) is 1. The maximum atomic E-state index is 11.3. The van der Waals surface area contributed by atoms with E-state index in [1.54, 1.807) is 0 Å². The molecule has 0 aromatic carbocycles. The molecule has 0 spiro atoms. The van der Waals surface area contributed by atoms with Crippen molar-refractivity contribution in [1.82, 2.24) is 5.32 Å². The van der Waals surface area contributed by atoms with E-state index in [0.717, 1.165) is 12.8 Å². The van der Waals surface area contributed by atoms with Crippen molar-refractivity contribution >= 4 is 11.7 Å². The van der Waals surface area contributed by atoms with Gasteiger partial charge in [0.05, 0.1) is 0 Å². The Labute approximate surface area is 100 Å². The fourth-order valence-corrected chi connectivity index (χ4v) is 1.38. The molecule has 0 aromatic rings. The van der Waals surface area contributed by atoms with Gasteiger partial charge in [0.2, 0.25) is 5.91 Å². The highest BCUT2D eigenvalue weighted by Gasteiger charge is 2.07. The molecule has 0 heterocycles. The van der Waals surface area contributed by atoms with Gasteiger partial charge in [-0.1, -0.05) is 27.7 Å². The van der Waals surface area contributed by atoms with E-state index in [2.05, 4.69) is 5.32 Å². The first-order valence-corrected chi connectivity index (χ1v) is 6.23. The zero-order chi connectivity index (χ0) is 12.6. The van der Waals surface area contributed by atoms with Crippen LogP contribution in [0.4, 0.5) is 0 Å². The summed E-state index contributed by atoms with van der Waals surface area (Å²) in [6, 6.07) is 0. The van der Waals surface area contributed by atoms with Gasteiger partial charge in [-0.25, -0.2) is 0 Å². The van der Waals surface area contributed by atoms with Crippen LogP contribution in [0.25, 0.3) is 0 Å². The van der Waals surface area contributed by atoms with E-state index in [-0.39, 0.29) is 13.3 Å². The maximum absolute atomic E-state index is 11.3. The minimum absolute atomic E-state index is 0. The van der Waals surface area contributed by atoms with Crippen LogP contribution in [0.1, 0.15) is 54.8 Å². The summed E-state index contributed by atoms with van der Waals surface area (Å²) in [5.41, 5.74) is 0. The number of carbonyl (C=O) groups excluding carboxylic acids is 2. The van der Waals surface area contributed by atoms with Gasteiger partial charge < -0.3 is 5.32 Å². The summed E-state index contributed by atoms with van der Waals surface area (Å²) < 4.78 is 0. The fraction of sp³-hybridized carbons (Fsp3) is 0.846. The lowest BCUT2D eigenvalue weighted by Gasteiger charge is -2.07. The van der Waals surface area contributed by atoms with Crippen LogP contribution in [0.15, 0.2) is 0 Å². The number of unbranched alkanes of at least 4 members (excludes halogenated alkanes) is 1. The lowest BCUT2D eigenvalue weighted by atomic mass is 10.0. The smallest absolute Gasteiger partial charge is 0.220 e. The van der Waals surface area contributed by atoms with Crippen LogP contribution in [0, 0.1) is 11.8 Å². The average molecular weight is 229 g/mol. The molecule has 0 bridgehead atoms. The molecule has 16 heavy (non-hydrogen) atoms. The Bertz CT molecular complexity index is 227. The second-order valence-electron chi connectivity index (χ2n) is 5.03. The molecule has 0 aliphatic carbocycles. The monoisotopic (exact) mass is 229 g/mol. The zero-order valence-electron chi connectivity index (χ0n) is 11.0. The molecule has 0 aliphatic heterocycles. The molecule has 1 amide bonds. The SMILES string of the molecule is CC(C)CC(=O)NCCCCC(=O)C(C)C.[HH]. The number of rotatable bonds is 8. The second kappa shape index (κ2) is 8.31. The van der Waals surface area contributed by atoms with Gasteiger partial charge in [-0.2, -0.15) is 0 Å². The molecule has 0 rings (SSSR count). The zero-order valence-corrected chi connectivity index (χ0v) is 11.0. The third kappa shape index (κ3) is 8.45. The lowest BCUT2D eigenvalue weighted by molar-refractivity contribution is -0.122. The Morgan fingerprint density at radius 2 is 1.75 bits per heavy atom. The van der Waals surface area contributed by atoms with Gasteiger partial charge in [0.1, 0.15) is 5.78 Å². The number of ketones is 1. The molecule has 0 radical (unpaired) electrons. The molecule has 3 nitrogen and oxygen atoms in total. The predicted octanol–water partition coefficient (Wildman–Crippen LogP) is 2.79. The summed E-state index contributed by atoms with van der Waals surface area (Å²) >= 11 is 0. The van der Waals surface area contributed by atoms with Gasteiger partial charge in [0.25, 0.3) is 0 Å². The quantitative estimate of drug-likeness (QED) is 0.650. The van der Waals surface area contributed by atoms with Crippen molar-refractivity contribution in [3.8, 4) is 0 Å². The molecule has 1 N–H and O–H groups in total. The third-order valence-corrected chi connectivity index (χ3v) is 2.41. The molecule has 0 aromatic heterocycles. The van der Waals surface area contributed by atoms with E-state index < -0.39 is 0 Å². The van der Waals surface area contributed by atoms with Gasteiger partial charge >= 0.3 is 0 Å². The van der Waals surface area contributed by atoms with Crippen molar-refractivity contribution in [2.24, 2.45) is 11.8 Å². The van der Waals surface area contributed by atoms with Crippen molar-refractivity contribution in [3.63, 3.8) is 0 Å².